The molecule has 5 nitrogen and oxygen atoms in total. The van der Waals surface area contributed by atoms with Crippen LogP contribution in [0.5, 0.6) is 0 Å². The predicted molar refractivity (Wildman–Crippen MR) is 61.6 cm³/mol. The minimum Gasteiger partial charge on any atom is -0.457 e. The number of nitrogens with zero attached hydrogens (tertiary/aromatic N) is 1. The Hall–Kier alpha value is -1.62. The SMILES string of the molecule is CCC1C(=O)NCCN1Cc1ccc(C=O)o1. The zero-order valence-corrected chi connectivity index (χ0v) is 9.81. The highest BCUT2D eigenvalue weighted by atomic mass is 16.3. The van der Waals surface area contributed by atoms with Crippen LogP contribution in [0.2, 0.25) is 0 Å². The first kappa shape index (κ1) is 11.9. The Morgan fingerprint density at radius 2 is 2.41 bits per heavy atom. The van der Waals surface area contributed by atoms with Gasteiger partial charge in [0.15, 0.2) is 12.0 Å². The number of nitrogens with one attached hydrogen (secondary N) is 1. The summed E-state index contributed by atoms with van der Waals surface area (Å²) in [5.41, 5.74) is 0. The van der Waals surface area contributed by atoms with Gasteiger partial charge in [-0.1, -0.05) is 6.92 Å². The van der Waals surface area contributed by atoms with Crippen molar-refractivity contribution in [2.45, 2.75) is 25.9 Å². The Bertz CT molecular complexity index is 414. The second kappa shape index (κ2) is 5.14. The fourth-order valence-electron chi connectivity index (χ4n) is 2.14. The average molecular weight is 236 g/mol. The third kappa shape index (κ3) is 2.55. The van der Waals surface area contributed by atoms with Gasteiger partial charge in [0.25, 0.3) is 0 Å². The Kier molecular flexibility index (Phi) is 3.58. The number of hydrogen-bond acceptors (Lipinski definition) is 4. The van der Waals surface area contributed by atoms with Gasteiger partial charge >= 0.3 is 0 Å². The molecule has 2 heterocycles. The van der Waals surface area contributed by atoms with Gasteiger partial charge in [0.1, 0.15) is 5.76 Å². The second-order valence-corrected chi connectivity index (χ2v) is 4.11. The summed E-state index contributed by atoms with van der Waals surface area (Å²) in [6.07, 6.45) is 1.46. The lowest BCUT2D eigenvalue weighted by Gasteiger charge is -2.33. The number of furan rings is 1. The Morgan fingerprint density at radius 1 is 1.59 bits per heavy atom. The second-order valence-electron chi connectivity index (χ2n) is 4.11. The molecule has 1 saturated heterocycles. The quantitative estimate of drug-likeness (QED) is 0.785. The largest absolute Gasteiger partial charge is 0.457 e. The number of amides is 1. The topological polar surface area (TPSA) is 62.6 Å². The molecule has 1 aliphatic heterocycles. The Balaban J connectivity index is 2.05. The van der Waals surface area contributed by atoms with E-state index < -0.39 is 0 Å². The fraction of sp³-hybridized carbons (Fsp3) is 0.500. The fourth-order valence-corrected chi connectivity index (χ4v) is 2.14. The first-order chi connectivity index (χ1) is 8.24. The Labute approximate surface area is 99.8 Å². The summed E-state index contributed by atoms with van der Waals surface area (Å²) in [7, 11) is 0. The van der Waals surface area contributed by atoms with Gasteiger partial charge in [0.05, 0.1) is 12.6 Å². The van der Waals surface area contributed by atoms with Crippen LogP contribution in [0.3, 0.4) is 0 Å². The molecule has 1 aliphatic rings. The number of carbonyl (C=O) groups is 2. The highest BCUT2D eigenvalue weighted by Crippen LogP contribution is 2.15. The van der Waals surface area contributed by atoms with Gasteiger partial charge in [-0.15, -0.1) is 0 Å². The van der Waals surface area contributed by atoms with Gasteiger partial charge in [-0.3, -0.25) is 14.5 Å². The van der Waals surface area contributed by atoms with Crippen LogP contribution in [0.4, 0.5) is 0 Å². The highest BCUT2D eigenvalue weighted by molar-refractivity contribution is 5.82. The maximum absolute atomic E-state index is 11.6. The molecular formula is C12H16N2O3. The number of carbonyl (C=O) groups excluding carboxylic acids is 2. The van der Waals surface area contributed by atoms with Crippen LogP contribution in [-0.4, -0.2) is 36.2 Å². The zero-order chi connectivity index (χ0) is 12.3. The summed E-state index contributed by atoms with van der Waals surface area (Å²) in [4.78, 5) is 24.2. The van der Waals surface area contributed by atoms with Crippen molar-refractivity contribution in [2.24, 2.45) is 0 Å². The molecule has 0 saturated carbocycles. The van der Waals surface area contributed by atoms with E-state index in [-0.39, 0.29) is 11.9 Å². The van der Waals surface area contributed by atoms with E-state index >= 15 is 0 Å². The lowest BCUT2D eigenvalue weighted by Crippen LogP contribution is -2.54. The van der Waals surface area contributed by atoms with Gasteiger partial charge in [0.2, 0.25) is 5.91 Å². The molecule has 1 atom stereocenters. The molecule has 0 spiro atoms. The standard InChI is InChI=1S/C12H16N2O3/c1-2-11-12(16)13-5-6-14(11)7-9-3-4-10(8-15)17-9/h3-4,8,11H,2,5-7H2,1H3,(H,13,16). The van der Waals surface area contributed by atoms with Crippen molar-refractivity contribution in [3.63, 3.8) is 0 Å². The minimum absolute atomic E-state index is 0.0703. The number of piperazine rings is 1. The Morgan fingerprint density at radius 3 is 3.06 bits per heavy atom. The summed E-state index contributed by atoms with van der Waals surface area (Å²) < 4.78 is 5.32. The number of rotatable bonds is 4. The van der Waals surface area contributed by atoms with Crippen LogP contribution in [0.15, 0.2) is 16.5 Å². The smallest absolute Gasteiger partial charge is 0.237 e. The third-order valence-corrected chi connectivity index (χ3v) is 2.99. The van der Waals surface area contributed by atoms with Gasteiger partial charge in [-0.2, -0.15) is 0 Å². The summed E-state index contributed by atoms with van der Waals surface area (Å²) in [5, 5.41) is 2.85. The van der Waals surface area contributed by atoms with Crippen LogP contribution in [0, 0.1) is 0 Å². The van der Waals surface area contributed by atoms with Gasteiger partial charge in [0, 0.05) is 13.1 Å². The monoisotopic (exact) mass is 236 g/mol. The van der Waals surface area contributed by atoms with Crippen molar-refractivity contribution in [2.75, 3.05) is 13.1 Å². The highest BCUT2D eigenvalue weighted by Gasteiger charge is 2.28. The van der Waals surface area contributed by atoms with Crippen molar-refractivity contribution in [1.29, 1.82) is 0 Å². The first-order valence-corrected chi connectivity index (χ1v) is 5.80. The van der Waals surface area contributed by atoms with Crippen LogP contribution in [-0.2, 0) is 11.3 Å². The van der Waals surface area contributed by atoms with E-state index in [0.717, 1.165) is 18.7 Å². The van der Waals surface area contributed by atoms with Crippen LogP contribution in [0.1, 0.15) is 29.7 Å². The average Bonchev–Trinajstić information content (AvgIpc) is 2.77. The summed E-state index contributed by atoms with van der Waals surface area (Å²) in [6.45, 7) is 4.03. The maximum atomic E-state index is 11.6. The molecule has 92 valence electrons. The molecular weight excluding hydrogens is 220 g/mol. The molecule has 0 aromatic carbocycles. The van der Waals surface area contributed by atoms with Crippen molar-refractivity contribution in [1.82, 2.24) is 10.2 Å². The molecule has 5 heteroatoms. The predicted octanol–water partition coefficient (Wildman–Crippen LogP) is 0.802. The summed E-state index contributed by atoms with van der Waals surface area (Å²) in [6, 6.07) is 3.32. The molecule has 1 amide bonds. The van der Waals surface area contributed by atoms with Gasteiger partial charge in [-0.05, 0) is 18.6 Å². The van der Waals surface area contributed by atoms with E-state index in [0.29, 0.717) is 25.1 Å². The minimum atomic E-state index is -0.103. The van der Waals surface area contributed by atoms with E-state index in [4.69, 9.17) is 4.42 Å². The molecule has 2 rings (SSSR count). The van der Waals surface area contributed by atoms with Crippen molar-refractivity contribution >= 4 is 12.2 Å². The molecule has 1 unspecified atom stereocenters. The van der Waals surface area contributed by atoms with Crippen molar-refractivity contribution < 1.29 is 14.0 Å². The molecule has 0 aliphatic carbocycles. The zero-order valence-electron chi connectivity index (χ0n) is 9.81. The molecule has 0 radical (unpaired) electrons. The van der Waals surface area contributed by atoms with Gasteiger partial charge < -0.3 is 9.73 Å². The van der Waals surface area contributed by atoms with Crippen LogP contribution in [0.25, 0.3) is 0 Å². The third-order valence-electron chi connectivity index (χ3n) is 2.99. The van der Waals surface area contributed by atoms with Crippen molar-refractivity contribution in [3.05, 3.63) is 23.7 Å². The normalized spacial score (nSPS) is 21.2. The molecule has 1 N–H and O–H groups in total. The van der Waals surface area contributed by atoms with E-state index in [1.165, 1.54) is 0 Å². The summed E-state index contributed by atoms with van der Waals surface area (Å²) in [5.74, 6) is 1.12. The van der Waals surface area contributed by atoms with E-state index in [1.54, 1.807) is 12.1 Å². The molecule has 0 bridgehead atoms. The van der Waals surface area contributed by atoms with Crippen molar-refractivity contribution in [3.8, 4) is 0 Å². The molecule has 1 fully saturated rings. The van der Waals surface area contributed by atoms with Crippen LogP contribution < -0.4 is 5.32 Å². The van der Waals surface area contributed by atoms with Gasteiger partial charge in [-0.25, -0.2) is 0 Å². The van der Waals surface area contributed by atoms with Crippen LogP contribution >= 0.6 is 0 Å². The van der Waals surface area contributed by atoms with E-state index in [2.05, 4.69) is 10.2 Å². The maximum Gasteiger partial charge on any atom is 0.237 e. The van der Waals surface area contributed by atoms with E-state index in [9.17, 15) is 9.59 Å². The number of hydrogen-bond donors (Lipinski definition) is 1. The molecule has 1 aromatic heterocycles. The lowest BCUT2D eigenvalue weighted by molar-refractivity contribution is -0.129. The molecule has 17 heavy (non-hydrogen) atoms. The number of aldehydes is 1. The molecule has 1 aromatic rings. The first-order valence-electron chi connectivity index (χ1n) is 5.80. The summed E-state index contributed by atoms with van der Waals surface area (Å²) >= 11 is 0. The lowest BCUT2D eigenvalue weighted by atomic mass is 10.1. The van der Waals surface area contributed by atoms with E-state index in [1.807, 2.05) is 6.92 Å².